The van der Waals surface area contributed by atoms with Crippen molar-refractivity contribution in [1.29, 1.82) is 0 Å². The molecule has 0 bridgehead atoms. The molecule has 1 N–H and O–H groups in total. The van der Waals surface area contributed by atoms with Gasteiger partial charge in [0.1, 0.15) is 5.75 Å². The van der Waals surface area contributed by atoms with E-state index in [2.05, 4.69) is 30.4 Å². The van der Waals surface area contributed by atoms with E-state index in [9.17, 15) is 0 Å². The normalized spacial score (nSPS) is 12.1. The second-order valence-electron chi connectivity index (χ2n) is 4.91. The summed E-state index contributed by atoms with van der Waals surface area (Å²) >= 11 is 6.38. The van der Waals surface area contributed by atoms with Crippen LogP contribution in [-0.4, -0.2) is 13.2 Å². The van der Waals surface area contributed by atoms with E-state index >= 15 is 0 Å². The maximum Gasteiger partial charge on any atom is 0.119 e. The Morgan fingerprint density at radius 1 is 1.10 bits per heavy atom. The van der Waals surface area contributed by atoms with E-state index in [4.69, 9.17) is 16.3 Å². The number of rotatable bonds is 7. The Labute approximate surface area is 132 Å². The zero-order valence-corrected chi connectivity index (χ0v) is 13.4. The second kappa shape index (κ2) is 8.06. The lowest BCUT2D eigenvalue weighted by molar-refractivity contribution is 0.339. The molecule has 2 aromatic rings. The number of hydrogen-bond donors (Lipinski definition) is 1. The summed E-state index contributed by atoms with van der Waals surface area (Å²) in [5.41, 5.74) is 2.27. The summed E-state index contributed by atoms with van der Waals surface area (Å²) in [6, 6.07) is 16.3. The van der Waals surface area contributed by atoms with Crippen LogP contribution >= 0.6 is 11.6 Å². The minimum absolute atomic E-state index is 0.0825. The monoisotopic (exact) mass is 303 g/mol. The average Bonchev–Trinajstić information content (AvgIpc) is 2.50. The van der Waals surface area contributed by atoms with Gasteiger partial charge >= 0.3 is 0 Å². The van der Waals surface area contributed by atoms with Crippen molar-refractivity contribution in [3.05, 3.63) is 64.7 Å². The van der Waals surface area contributed by atoms with E-state index in [0.29, 0.717) is 6.61 Å². The van der Waals surface area contributed by atoms with Crippen molar-refractivity contribution in [3.8, 4) is 5.75 Å². The first-order valence-electron chi connectivity index (χ1n) is 7.46. The number of benzene rings is 2. The zero-order valence-electron chi connectivity index (χ0n) is 12.6. The van der Waals surface area contributed by atoms with E-state index in [1.54, 1.807) is 0 Å². The van der Waals surface area contributed by atoms with Gasteiger partial charge in [-0.25, -0.2) is 0 Å². The van der Waals surface area contributed by atoms with Crippen LogP contribution in [0.5, 0.6) is 5.75 Å². The topological polar surface area (TPSA) is 21.3 Å². The summed E-state index contributed by atoms with van der Waals surface area (Å²) in [6.45, 7) is 5.76. The van der Waals surface area contributed by atoms with E-state index in [-0.39, 0.29) is 6.04 Å². The van der Waals surface area contributed by atoms with Crippen molar-refractivity contribution < 1.29 is 4.74 Å². The van der Waals surface area contributed by atoms with E-state index < -0.39 is 0 Å². The van der Waals surface area contributed by atoms with Gasteiger partial charge in [0.15, 0.2) is 0 Å². The molecule has 0 spiro atoms. The van der Waals surface area contributed by atoms with Gasteiger partial charge in [0.2, 0.25) is 0 Å². The highest BCUT2D eigenvalue weighted by atomic mass is 35.5. The molecule has 0 aliphatic rings. The third kappa shape index (κ3) is 4.23. The second-order valence-corrected chi connectivity index (χ2v) is 5.32. The predicted octanol–water partition coefficient (Wildman–Crippen LogP) is 4.83. The Balaban J connectivity index is 2.36. The molecule has 0 radical (unpaired) electrons. The molecule has 0 amide bonds. The molecular formula is C18H22ClNO. The minimum atomic E-state index is 0.0825. The summed E-state index contributed by atoms with van der Waals surface area (Å²) in [6.07, 6.45) is 1.08. The highest BCUT2D eigenvalue weighted by molar-refractivity contribution is 6.31. The van der Waals surface area contributed by atoms with Crippen LogP contribution in [0.2, 0.25) is 5.02 Å². The molecule has 0 aliphatic carbocycles. The summed E-state index contributed by atoms with van der Waals surface area (Å²) in [5.74, 6) is 0.894. The highest BCUT2D eigenvalue weighted by Gasteiger charge is 2.16. The van der Waals surface area contributed by atoms with Crippen LogP contribution in [0.3, 0.4) is 0 Å². The molecule has 0 saturated carbocycles. The first-order valence-corrected chi connectivity index (χ1v) is 7.84. The van der Waals surface area contributed by atoms with Gasteiger partial charge < -0.3 is 10.1 Å². The lowest BCUT2D eigenvalue weighted by atomic mass is 9.98. The van der Waals surface area contributed by atoms with Crippen LogP contribution in [0.25, 0.3) is 0 Å². The molecule has 1 unspecified atom stereocenters. The van der Waals surface area contributed by atoms with Crippen LogP contribution in [0, 0.1) is 0 Å². The zero-order chi connectivity index (χ0) is 15.1. The standard InChI is InChI=1S/C18H22ClNO/c1-3-12-20-18(16-10-5-6-11-17(16)19)14-8-7-9-15(13-14)21-4-2/h5-11,13,18,20H,3-4,12H2,1-2H3. The van der Waals surface area contributed by atoms with Gasteiger partial charge in [-0.2, -0.15) is 0 Å². The summed E-state index contributed by atoms with van der Waals surface area (Å²) in [7, 11) is 0. The number of nitrogens with one attached hydrogen (secondary N) is 1. The largest absolute Gasteiger partial charge is 0.494 e. The van der Waals surface area contributed by atoms with Crippen LogP contribution in [0.4, 0.5) is 0 Å². The fourth-order valence-corrected chi connectivity index (χ4v) is 2.60. The first-order chi connectivity index (χ1) is 10.3. The number of ether oxygens (including phenoxy) is 1. The summed E-state index contributed by atoms with van der Waals surface area (Å²) in [5, 5.41) is 4.36. The van der Waals surface area contributed by atoms with Crippen LogP contribution in [-0.2, 0) is 0 Å². The van der Waals surface area contributed by atoms with Crippen molar-refractivity contribution >= 4 is 11.6 Å². The molecule has 1 atom stereocenters. The highest BCUT2D eigenvalue weighted by Crippen LogP contribution is 2.30. The Kier molecular flexibility index (Phi) is 6.09. The fourth-order valence-electron chi connectivity index (χ4n) is 2.36. The molecular weight excluding hydrogens is 282 g/mol. The van der Waals surface area contributed by atoms with Crippen LogP contribution in [0.15, 0.2) is 48.5 Å². The molecule has 21 heavy (non-hydrogen) atoms. The fraction of sp³-hybridized carbons (Fsp3) is 0.333. The van der Waals surface area contributed by atoms with Gasteiger partial charge in [0.05, 0.1) is 12.6 Å². The smallest absolute Gasteiger partial charge is 0.119 e. The summed E-state index contributed by atoms with van der Waals surface area (Å²) < 4.78 is 5.61. The van der Waals surface area contributed by atoms with Crippen molar-refractivity contribution in [3.63, 3.8) is 0 Å². The van der Waals surface area contributed by atoms with Gasteiger partial charge in [-0.1, -0.05) is 48.9 Å². The minimum Gasteiger partial charge on any atom is -0.494 e. The number of halogens is 1. The molecule has 3 heteroatoms. The molecule has 2 rings (SSSR count). The van der Waals surface area contributed by atoms with Crippen molar-refractivity contribution in [2.75, 3.05) is 13.2 Å². The number of hydrogen-bond acceptors (Lipinski definition) is 2. The molecule has 2 aromatic carbocycles. The van der Waals surface area contributed by atoms with Gasteiger partial charge in [-0.05, 0) is 49.2 Å². The molecule has 0 aromatic heterocycles. The van der Waals surface area contributed by atoms with E-state index in [1.165, 1.54) is 5.56 Å². The van der Waals surface area contributed by atoms with Crippen LogP contribution in [0.1, 0.15) is 37.4 Å². The average molecular weight is 304 g/mol. The Morgan fingerprint density at radius 3 is 2.62 bits per heavy atom. The van der Waals surface area contributed by atoms with Gasteiger partial charge in [0.25, 0.3) is 0 Å². The van der Waals surface area contributed by atoms with Gasteiger partial charge in [-0.15, -0.1) is 0 Å². The molecule has 0 saturated heterocycles. The van der Waals surface area contributed by atoms with Gasteiger partial charge in [0, 0.05) is 5.02 Å². The Hall–Kier alpha value is -1.51. The maximum atomic E-state index is 6.38. The molecule has 0 fully saturated rings. The third-order valence-electron chi connectivity index (χ3n) is 3.32. The Bertz CT molecular complexity index is 571. The van der Waals surface area contributed by atoms with Crippen molar-refractivity contribution in [2.45, 2.75) is 26.3 Å². The lowest BCUT2D eigenvalue weighted by Crippen LogP contribution is -2.23. The lowest BCUT2D eigenvalue weighted by Gasteiger charge is -2.21. The van der Waals surface area contributed by atoms with E-state index in [1.807, 2.05) is 37.3 Å². The molecule has 112 valence electrons. The van der Waals surface area contributed by atoms with E-state index in [0.717, 1.165) is 29.3 Å². The summed E-state index contributed by atoms with van der Waals surface area (Å²) in [4.78, 5) is 0. The van der Waals surface area contributed by atoms with Crippen LogP contribution < -0.4 is 10.1 Å². The predicted molar refractivity (Wildman–Crippen MR) is 89.2 cm³/mol. The first kappa shape index (κ1) is 15.9. The molecule has 0 heterocycles. The van der Waals surface area contributed by atoms with Gasteiger partial charge in [-0.3, -0.25) is 0 Å². The Morgan fingerprint density at radius 2 is 1.90 bits per heavy atom. The maximum absolute atomic E-state index is 6.38. The van der Waals surface area contributed by atoms with Crippen molar-refractivity contribution in [2.24, 2.45) is 0 Å². The molecule has 2 nitrogen and oxygen atoms in total. The third-order valence-corrected chi connectivity index (χ3v) is 3.66. The molecule has 0 aliphatic heterocycles. The SMILES string of the molecule is CCCNC(c1cccc(OCC)c1)c1ccccc1Cl. The quantitative estimate of drug-likeness (QED) is 0.791. The van der Waals surface area contributed by atoms with Crippen molar-refractivity contribution in [1.82, 2.24) is 5.32 Å².